The lowest BCUT2D eigenvalue weighted by Gasteiger charge is -2.27. The lowest BCUT2D eigenvalue weighted by atomic mass is 9.76. The molecule has 5 nitrogen and oxygen atoms in total. The molecule has 0 heterocycles. The van der Waals surface area contributed by atoms with E-state index in [1.165, 1.54) is 0 Å². The number of hydrogen-bond donors (Lipinski definition) is 1. The van der Waals surface area contributed by atoms with Gasteiger partial charge in [0.05, 0.1) is 17.9 Å². The molecule has 1 N–H and O–H groups in total. The Hall–Kier alpha value is -1.39. The van der Waals surface area contributed by atoms with Gasteiger partial charge >= 0.3 is 11.9 Å². The molecule has 0 aromatic carbocycles. The second kappa shape index (κ2) is 10.6. The zero-order valence-corrected chi connectivity index (χ0v) is 16.0. The molecule has 5 heteroatoms. The highest BCUT2D eigenvalue weighted by Gasteiger charge is 2.34. The van der Waals surface area contributed by atoms with Crippen LogP contribution >= 0.6 is 0 Å². The summed E-state index contributed by atoms with van der Waals surface area (Å²) >= 11 is 0. The molecule has 0 spiro atoms. The number of Topliss-reactive ketones (excluding diaryl/α,β-unsaturated/α-hetero) is 1. The van der Waals surface area contributed by atoms with Crippen molar-refractivity contribution in [1.82, 2.24) is 0 Å². The van der Waals surface area contributed by atoms with Crippen LogP contribution in [0.5, 0.6) is 0 Å². The summed E-state index contributed by atoms with van der Waals surface area (Å²) in [4.78, 5) is 35.4. The molecule has 0 amide bonds. The van der Waals surface area contributed by atoms with E-state index in [0.29, 0.717) is 19.4 Å². The number of ketones is 1. The van der Waals surface area contributed by atoms with Gasteiger partial charge in [0.2, 0.25) is 0 Å². The second-order valence-electron chi connectivity index (χ2n) is 7.84. The van der Waals surface area contributed by atoms with Crippen LogP contribution in [0.25, 0.3) is 0 Å². The molecule has 1 aliphatic rings. The van der Waals surface area contributed by atoms with Crippen LogP contribution in [0.4, 0.5) is 0 Å². The Kier molecular flexibility index (Phi) is 9.15. The molecule has 0 aromatic rings. The SMILES string of the molecule is CCC(C)(C)C(=O)OCCCCCCC(=O)C1CCCCC1C(=O)O. The van der Waals surface area contributed by atoms with Crippen LogP contribution in [0, 0.1) is 17.3 Å². The number of aliphatic carboxylic acids is 1. The van der Waals surface area contributed by atoms with E-state index in [4.69, 9.17) is 4.74 Å². The van der Waals surface area contributed by atoms with Gasteiger partial charge in [-0.1, -0.05) is 32.6 Å². The van der Waals surface area contributed by atoms with E-state index in [1.807, 2.05) is 20.8 Å². The fourth-order valence-corrected chi connectivity index (χ4v) is 3.26. The van der Waals surface area contributed by atoms with Crippen LogP contribution in [-0.2, 0) is 19.1 Å². The molecule has 0 bridgehead atoms. The monoisotopic (exact) mass is 354 g/mol. The van der Waals surface area contributed by atoms with Gasteiger partial charge in [-0.3, -0.25) is 14.4 Å². The number of unbranched alkanes of at least 4 members (excludes halogenated alkanes) is 3. The Morgan fingerprint density at radius 3 is 2.20 bits per heavy atom. The minimum atomic E-state index is -0.824. The molecule has 0 aliphatic heterocycles. The van der Waals surface area contributed by atoms with Gasteiger partial charge in [-0.05, 0) is 46.0 Å². The molecule has 1 aliphatic carbocycles. The first kappa shape index (κ1) is 21.7. The predicted molar refractivity (Wildman–Crippen MR) is 96.2 cm³/mol. The maximum absolute atomic E-state index is 12.3. The van der Waals surface area contributed by atoms with Gasteiger partial charge < -0.3 is 9.84 Å². The normalized spacial score (nSPS) is 20.9. The number of carboxylic acids is 1. The van der Waals surface area contributed by atoms with Gasteiger partial charge in [0.15, 0.2) is 0 Å². The molecule has 1 rings (SSSR count). The number of ether oxygens (including phenoxy) is 1. The molecule has 144 valence electrons. The third-order valence-electron chi connectivity index (χ3n) is 5.48. The number of carbonyl (C=O) groups is 3. The van der Waals surface area contributed by atoms with Crippen molar-refractivity contribution >= 4 is 17.7 Å². The van der Waals surface area contributed by atoms with E-state index in [2.05, 4.69) is 0 Å². The third kappa shape index (κ3) is 7.17. The summed E-state index contributed by atoms with van der Waals surface area (Å²) < 4.78 is 5.29. The topological polar surface area (TPSA) is 80.7 Å². The Morgan fingerprint density at radius 1 is 1.00 bits per heavy atom. The summed E-state index contributed by atoms with van der Waals surface area (Å²) in [5, 5.41) is 9.25. The lowest BCUT2D eigenvalue weighted by molar-refractivity contribution is -0.154. The van der Waals surface area contributed by atoms with Crippen molar-refractivity contribution < 1.29 is 24.2 Å². The van der Waals surface area contributed by atoms with E-state index in [1.54, 1.807) is 0 Å². The molecule has 0 radical (unpaired) electrons. The lowest BCUT2D eigenvalue weighted by Crippen LogP contribution is -2.32. The van der Waals surface area contributed by atoms with Crippen molar-refractivity contribution in [2.45, 2.75) is 85.0 Å². The average Bonchev–Trinajstić information content (AvgIpc) is 2.60. The van der Waals surface area contributed by atoms with E-state index in [9.17, 15) is 19.5 Å². The Labute approximate surface area is 151 Å². The highest BCUT2D eigenvalue weighted by molar-refractivity contribution is 5.86. The highest BCUT2D eigenvalue weighted by Crippen LogP contribution is 2.32. The van der Waals surface area contributed by atoms with E-state index in [0.717, 1.165) is 51.4 Å². The zero-order valence-electron chi connectivity index (χ0n) is 16.0. The molecular formula is C20H34O5. The van der Waals surface area contributed by atoms with Crippen molar-refractivity contribution in [1.29, 1.82) is 0 Å². The van der Waals surface area contributed by atoms with Crippen molar-refractivity contribution in [2.24, 2.45) is 17.3 Å². The number of carboxylic acid groups (broad SMARTS) is 1. The fourth-order valence-electron chi connectivity index (χ4n) is 3.26. The summed E-state index contributed by atoms with van der Waals surface area (Å²) in [6.07, 6.45) is 7.86. The average molecular weight is 354 g/mol. The minimum Gasteiger partial charge on any atom is -0.481 e. The zero-order chi connectivity index (χ0) is 18.9. The maximum atomic E-state index is 12.3. The van der Waals surface area contributed by atoms with E-state index in [-0.39, 0.29) is 17.7 Å². The van der Waals surface area contributed by atoms with Crippen LogP contribution in [-0.4, -0.2) is 29.4 Å². The second-order valence-corrected chi connectivity index (χ2v) is 7.84. The predicted octanol–water partition coefficient (Wildman–Crippen LogP) is 4.38. The summed E-state index contributed by atoms with van der Waals surface area (Å²) in [6, 6.07) is 0. The van der Waals surface area contributed by atoms with Crippen molar-refractivity contribution in [3.63, 3.8) is 0 Å². The molecule has 2 unspecified atom stereocenters. The van der Waals surface area contributed by atoms with Gasteiger partial charge in [0.1, 0.15) is 5.78 Å². The molecule has 0 aromatic heterocycles. The Morgan fingerprint density at radius 2 is 1.60 bits per heavy atom. The highest BCUT2D eigenvalue weighted by atomic mass is 16.5. The Balaban J connectivity index is 2.16. The summed E-state index contributed by atoms with van der Waals surface area (Å²) in [5.41, 5.74) is -0.424. The van der Waals surface area contributed by atoms with Crippen molar-refractivity contribution in [3.05, 3.63) is 0 Å². The number of hydrogen-bond acceptors (Lipinski definition) is 4. The molecule has 0 saturated heterocycles. The van der Waals surface area contributed by atoms with Crippen LogP contribution in [0.3, 0.4) is 0 Å². The van der Waals surface area contributed by atoms with Gasteiger partial charge in [-0.2, -0.15) is 0 Å². The van der Waals surface area contributed by atoms with Crippen LogP contribution in [0.1, 0.15) is 85.0 Å². The van der Waals surface area contributed by atoms with E-state index >= 15 is 0 Å². The summed E-state index contributed by atoms with van der Waals surface area (Å²) in [7, 11) is 0. The molecule has 1 saturated carbocycles. The standard InChI is InChI=1S/C20H34O5/c1-4-20(2,3)19(24)25-14-10-6-5-7-13-17(21)15-11-8-9-12-16(15)18(22)23/h15-16H,4-14H2,1-3H3,(H,22,23). The Bertz CT molecular complexity index is 455. The van der Waals surface area contributed by atoms with Crippen LogP contribution in [0.2, 0.25) is 0 Å². The first-order valence-corrected chi connectivity index (χ1v) is 9.72. The first-order chi connectivity index (χ1) is 11.8. The molecular weight excluding hydrogens is 320 g/mol. The van der Waals surface area contributed by atoms with Gasteiger partial charge in [-0.15, -0.1) is 0 Å². The van der Waals surface area contributed by atoms with Gasteiger partial charge in [0.25, 0.3) is 0 Å². The largest absolute Gasteiger partial charge is 0.481 e. The van der Waals surface area contributed by atoms with Crippen LogP contribution < -0.4 is 0 Å². The van der Waals surface area contributed by atoms with Gasteiger partial charge in [-0.25, -0.2) is 0 Å². The fraction of sp³-hybridized carbons (Fsp3) is 0.850. The van der Waals surface area contributed by atoms with E-state index < -0.39 is 17.3 Å². The summed E-state index contributed by atoms with van der Waals surface area (Å²) in [6.45, 7) is 6.17. The molecule has 1 fully saturated rings. The molecule has 2 atom stereocenters. The van der Waals surface area contributed by atoms with Crippen molar-refractivity contribution in [2.75, 3.05) is 6.61 Å². The minimum absolute atomic E-state index is 0.114. The number of rotatable bonds is 11. The maximum Gasteiger partial charge on any atom is 0.311 e. The first-order valence-electron chi connectivity index (χ1n) is 9.72. The van der Waals surface area contributed by atoms with Gasteiger partial charge in [0, 0.05) is 12.3 Å². The quantitative estimate of drug-likeness (QED) is 0.440. The third-order valence-corrected chi connectivity index (χ3v) is 5.48. The molecule has 25 heavy (non-hydrogen) atoms. The smallest absolute Gasteiger partial charge is 0.311 e. The summed E-state index contributed by atoms with van der Waals surface area (Å²) in [5.74, 6) is -1.63. The van der Waals surface area contributed by atoms with Crippen LogP contribution in [0.15, 0.2) is 0 Å². The number of esters is 1. The number of carbonyl (C=O) groups excluding carboxylic acids is 2. The van der Waals surface area contributed by atoms with Crippen molar-refractivity contribution in [3.8, 4) is 0 Å².